The van der Waals surface area contributed by atoms with Gasteiger partial charge >= 0.3 is 12.2 Å². The molecule has 4 atom stereocenters. The first kappa shape index (κ1) is 42.9. The molecule has 4 aliphatic rings. The van der Waals surface area contributed by atoms with Gasteiger partial charge in [-0.1, -0.05) is 53.1 Å². The van der Waals surface area contributed by atoms with Gasteiger partial charge < -0.3 is 49.3 Å². The Balaban J connectivity index is 1.07. The Bertz CT molecular complexity index is 2360. The highest BCUT2D eigenvalue weighted by Gasteiger charge is 2.40. The molecule has 4 aromatic rings. The zero-order valence-corrected chi connectivity index (χ0v) is 37.2. The number of benzene rings is 2. The molecule has 4 N–H and O–H groups in total. The van der Waals surface area contributed by atoms with Crippen LogP contribution < -0.4 is 20.1 Å². The number of methoxy groups -OCH3 is 2. The van der Waals surface area contributed by atoms with Crippen molar-refractivity contribution < 1.29 is 38.1 Å². The number of hydrogen-bond acceptors (Lipinski definition) is 10. The smallest absolute Gasteiger partial charge is 0.407 e. The number of carbonyl (C=O) groups excluding carboxylic acids is 4. The first-order valence-electron chi connectivity index (χ1n) is 21.4. The number of amides is 4. The van der Waals surface area contributed by atoms with Crippen LogP contribution in [0.3, 0.4) is 0 Å². The number of hydrogen-bond donors (Lipinski definition) is 4. The number of halogens is 1. The van der Waals surface area contributed by atoms with E-state index in [1.54, 1.807) is 4.90 Å². The summed E-state index contributed by atoms with van der Waals surface area (Å²) in [4.78, 5) is 72.3. The normalized spacial score (nSPS) is 18.6. The molecule has 0 saturated carbocycles. The van der Waals surface area contributed by atoms with E-state index >= 15 is 0 Å². The number of likely N-dealkylation sites (tertiary alicyclic amines) is 2. The van der Waals surface area contributed by atoms with E-state index in [9.17, 15) is 19.2 Å². The molecule has 8 rings (SSSR count). The molecule has 4 amide bonds. The van der Waals surface area contributed by atoms with Crippen LogP contribution in [0.2, 0.25) is 5.15 Å². The number of ether oxygens (including phenoxy) is 4. The monoisotopic (exact) mass is 870 g/mol. The topological polar surface area (TPSA) is 193 Å². The van der Waals surface area contributed by atoms with Crippen molar-refractivity contribution in [2.45, 2.75) is 111 Å². The molecule has 0 radical (unpaired) electrons. The van der Waals surface area contributed by atoms with Crippen molar-refractivity contribution in [2.75, 3.05) is 27.3 Å². The number of aromatic amines is 2. The van der Waals surface area contributed by atoms with E-state index in [1.807, 2.05) is 44.7 Å². The van der Waals surface area contributed by atoms with E-state index < -0.39 is 24.3 Å². The summed E-state index contributed by atoms with van der Waals surface area (Å²) in [7, 11) is 2.57. The molecule has 0 unspecified atom stereocenters. The fourth-order valence-electron chi connectivity index (χ4n) is 9.27. The average Bonchev–Trinajstić information content (AvgIpc) is 4.09. The molecule has 0 spiro atoms. The van der Waals surface area contributed by atoms with Crippen LogP contribution in [-0.4, -0.2) is 93.1 Å². The van der Waals surface area contributed by atoms with E-state index in [0.717, 1.165) is 69.8 Å². The van der Waals surface area contributed by atoms with Crippen molar-refractivity contribution >= 4 is 35.6 Å². The molecule has 62 heavy (non-hydrogen) atoms. The van der Waals surface area contributed by atoms with E-state index in [2.05, 4.69) is 46.6 Å². The SMILES string of the molecule is COC(=O)N[C@H](C(=O)N1CCC[C@H]1c1nc(Cl)c(-c2cc3c4c(c2)OCc2cc(-c5[nH]c([C@@H]6CCCN6C(=O)[C@@H](NC(=O)OC)C(C)C)nc5C(C)C)cc(c2-4)OC3)[nH]1)C(C)C. The highest BCUT2D eigenvalue weighted by atomic mass is 35.5. The standard InChI is InChI=1S/C45H55ClN8O8/c1-21(2)34-37(48-40(47-34)28-11-9-13-53(28)42(55)35(22(3)4)50-44(57)59-7)24-15-26-19-62-31-18-25(16-27-20-61-30(17-24)32(26)33(27)31)38-39(46)52-41(49-38)29-12-10-14-54(29)43(56)36(23(5)6)51-45(58)60-8/h15-18,21-23,28-29,35-36H,9-14,19-20H2,1-8H3,(H,47,48)(H,49,52)(H,50,57)(H,51,58)/t28-,29-,35-,36-/m0/s1. The molecule has 0 aliphatic carbocycles. The summed E-state index contributed by atoms with van der Waals surface area (Å²) in [5, 5.41) is 5.70. The zero-order valence-electron chi connectivity index (χ0n) is 36.4. The highest BCUT2D eigenvalue weighted by molar-refractivity contribution is 6.32. The van der Waals surface area contributed by atoms with Crippen molar-refractivity contribution in [1.82, 2.24) is 40.4 Å². The number of alkyl carbamates (subject to hydrolysis) is 2. The molecule has 6 heterocycles. The molecule has 4 aliphatic heterocycles. The zero-order chi connectivity index (χ0) is 44.1. The number of rotatable bonds is 11. The lowest BCUT2D eigenvalue weighted by Crippen LogP contribution is -2.51. The second-order valence-corrected chi connectivity index (χ2v) is 17.9. The van der Waals surface area contributed by atoms with Crippen LogP contribution in [0.5, 0.6) is 11.5 Å². The van der Waals surface area contributed by atoms with Gasteiger partial charge in [0.25, 0.3) is 0 Å². The van der Waals surface area contributed by atoms with Crippen molar-refractivity contribution in [3.05, 3.63) is 57.9 Å². The van der Waals surface area contributed by atoms with Crippen LogP contribution in [0.15, 0.2) is 24.3 Å². The maximum Gasteiger partial charge on any atom is 0.407 e. The predicted octanol–water partition coefficient (Wildman–Crippen LogP) is 7.78. The third-order valence-corrected chi connectivity index (χ3v) is 12.7. The van der Waals surface area contributed by atoms with Gasteiger partial charge in [-0.3, -0.25) is 9.59 Å². The van der Waals surface area contributed by atoms with E-state index in [-0.39, 0.29) is 46.8 Å². The number of imidazole rings is 2. The fraction of sp³-hybridized carbons (Fsp3) is 0.511. The molecule has 330 valence electrons. The molecule has 2 fully saturated rings. The second-order valence-electron chi connectivity index (χ2n) is 17.5. The molecule has 0 bridgehead atoms. The molecule has 2 aromatic carbocycles. The third kappa shape index (κ3) is 7.81. The first-order valence-corrected chi connectivity index (χ1v) is 21.8. The Morgan fingerprint density at radius 1 is 0.710 bits per heavy atom. The molecule has 2 aromatic heterocycles. The Morgan fingerprint density at radius 2 is 1.16 bits per heavy atom. The summed E-state index contributed by atoms with van der Waals surface area (Å²) in [5.74, 6) is 2.16. The van der Waals surface area contributed by atoms with Gasteiger partial charge in [0, 0.05) is 46.5 Å². The van der Waals surface area contributed by atoms with E-state index in [1.165, 1.54) is 14.2 Å². The van der Waals surface area contributed by atoms with Crippen LogP contribution in [0.25, 0.3) is 33.6 Å². The van der Waals surface area contributed by atoms with Crippen LogP contribution in [0, 0.1) is 11.8 Å². The van der Waals surface area contributed by atoms with Crippen LogP contribution in [-0.2, 0) is 32.3 Å². The summed E-state index contributed by atoms with van der Waals surface area (Å²) in [6.45, 7) is 13.5. The average molecular weight is 871 g/mol. The quantitative estimate of drug-likeness (QED) is 0.116. The number of nitrogens with one attached hydrogen (secondary N) is 4. The maximum atomic E-state index is 13.9. The lowest BCUT2D eigenvalue weighted by molar-refractivity contribution is -0.136. The molecule has 2 saturated heterocycles. The van der Waals surface area contributed by atoms with E-state index in [0.29, 0.717) is 55.8 Å². The van der Waals surface area contributed by atoms with Crippen molar-refractivity contribution in [3.63, 3.8) is 0 Å². The number of H-pyrrole nitrogens is 2. The Hall–Kier alpha value is -5.77. The van der Waals surface area contributed by atoms with Gasteiger partial charge in [-0.2, -0.15) is 0 Å². The minimum Gasteiger partial charge on any atom is -0.488 e. The number of aromatic nitrogens is 4. The van der Waals surface area contributed by atoms with Crippen molar-refractivity contribution in [2.24, 2.45) is 11.8 Å². The highest BCUT2D eigenvalue weighted by Crippen LogP contribution is 2.52. The first-order chi connectivity index (χ1) is 29.7. The van der Waals surface area contributed by atoms with Gasteiger partial charge in [0.2, 0.25) is 11.8 Å². The summed E-state index contributed by atoms with van der Waals surface area (Å²) < 4.78 is 22.6. The van der Waals surface area contributed by atoms with Gasteiger partial charge in [-0.05, 0) is 67.7 Å². The van der Waals surface area contributed by atoms with E-state index in [4.69, 9.17) is 40.5 Å². The molecule has 16 nitrogen and oxygen atoms in total. The summed E-state index contributed by atoms with van der Waals surface area (Å²) in [6, 6.07) is 6.09. The third-order valence-electron chi connectivity index (χ3n) is 12.4. The number of nitrogens with zero attached hydrogens (tertiary/aromatic N) is 4. The van der Waals surface area contributed by atoms with Gasteiger partial charge in [-0.15, -0.1) is 0 Å². The van der Waals surface area contributed by atoms with Gasteiger partial charge in [0.15, 0.2) is 5.15 Å². The predicted molar refractivity (Wildman–Crippen MR) is 231 cm³/mol. The summed E-state index contributed by atoms with van der Waals surface area (Å²) >= 11 is 6.85. The summed E-state index contributed by atoms with van der Waals surface area (Å²) in [6.07, 6.45) is 1.73. The Kier molecular flexibility index (Phi) is 11.9. The number of carbonyl (C=O) groups is 4. The Labute approximate surface area is 365 Å². The van der Waals surface area contributed by atoms with Gasteiger partial charge in [0.1, 0.15) is 48.4 Å². The minimum absolute atomic E-state index is 0.0767. The van der Waals surface area contributed by atoms with Crippen molar-refractivity contribution in [1.29, 1.82) is 0 Å². The molecular formula is C45H55ClN8O8. The second kappa shape index (κ2) is 17.2. The maximum absolute atomic E-state index is 13.9. The lowest BCUT2D eigenvalue weighted by atomic mass is 9.87. The van der Waals surface area contributed by atoms with Gasteiger partial charge in [-0.25, -0.2) is 19.6 Å². The van der Waals surface area contributed by atoms with Crippen LogP contribution >= 0.6 is 11.6 Å². The molecular weight excluding hydrogens is 816 g/mol. The Morgan fingerprint density at radius 3 is 1.61 bits per heavy atom. The fourth-order valence-corrected chi connectivity index (χ4v) is 9.52. The summed E-state index contributed by atoms with van der Waals surface area (Å²) in [5.41, 5.74) is 7.93. The largest absolute Gasteiger partial charge is 0.488 e. The van der Waals surface area contributed by atoms with Crippen molar-refractivity contribution in [3.8, 4) is 45.1 Å². The van der Waals surface area contributed by atoms with Crippen LogP contribution in [0.4, 0.5) is 9.59 Å². The van der Waals surface area contributed by atoms with Crippen LogP contribution in [0.1, 0.15) is 114 Å². The minimum atomic E-state index is -0.751. The molecule has 17 heteroatoms. The lowest BCUT2D eigenvalue weighted by Gasteiger charge is -2.30. The van der Waals surface area contributed by atoms with Gasteiger partial charge in [0.05, 0.1) is 43.4 Å².